The lowest BCUT2D eigenvalue weighted by Gasteiger charge is -1.92. The lowest BCUT2D eigenvalue weighted by atomic mass is 10.2. The van der Waals surface area contributed by atoms with Gasteiger partial charge in [0.15, 0.2) is 10.9 Å². The molecule has 2 N–H and O–H groups in total. The molecule has 72 valence electrons. The predicted octanol–water partition coefficient (Wildman–Crippen LogP) is 2.19. The van der Waals surface area contributed by atoms with Crippen LogP contribution in [0.1, 0.15) is 17.4 Å². The van der Waals surface area contributed by atoms with Crippen molar-refractivity contribution >= 4 is 22.3 Å². The maximum atomic E-state index is 11.2. The lowest BCUT2D eigenvalue weighted by Crippen LogP contribution is -1.95. The number of rotatable bonds is 2. The van der Waals surface area contributed by atoms with Crippen molar-refractivity contribution in [1.29, 1.82) is 0 Å². The summed E-state index contributed by atoms with van der Waals surface area (Å²) in [5.74, 6) is 0.522. The maximum absolute atomic E-state index is 11.2. The van der Waals surface area contributed by atoms with Crippen LogP contribution in [0.5, 0.6) is 0 Å². The first-order chi connectivity index (χ1) is 6.68. The number of Topliss-reactive ketones (excluding diaryl/α,β-unsaturated/α-hetero) is 1. The smallest absolute Gasteiger partial charge is 0.181 e. The summed E-state index contributed by atoms with van der Waals surface area (Å²) in [4.78, 5) is 15.9. The van der Waals surface area contributed by atoms with Crippen LogP contribution < -0.4 is 5.73 Å². The summed E-state index contributed by atoms with van der Waals surface area (Å²) < 4.78 is 5.19. The minimum absolute atomic E-state index is 0.107. The fourth-order valence-electron chi connectivity index (χ4n) is 1.15. The molecule has 0 bridgehead atoms. The molecule has 4 nitrogen and oxygen atoms in total. The molecule has 0 saturated heterocycles. The Hall–Kier alpha value is -1.62. The molecule has 0 atom stereocenters. The van der Waals surface area contributed by atoms with Crippen molar-refractivity contribution < 1.29 is 9.21 Å². The largest absolute Gasteiger partial charge is 0.463 e. The Balaban J connectivity index is 2.58. The Kier molecular flexibility index (Phi) is 2.09. The summed E-state index contributed by atoms with van der Waals surface area (Å²) in [5, 5.41) is 0.376. The summed E-state index contributed by atoms with van der Waals surface area (Å²) in [5.41, 5.74) is 5.91. The lowest BCUT2D eigenvalue weighted by molar-refractivity contribution is 0.101. The quantitative estimate of drug-likeness (QED) is 0.768. The number of carbonyl (C=O) groups excluding carboxylic acids is 1. The normalized spacial score (nSPS) is 10.4. The molecule has 0 unspecified atom stereocenters. The molecule has 0 saturated carbocycles. The third-order valence-electron chi connectivity index (χ3n) is 1.72. The molecule has 2 aromatic rings. The molecule has 14 heavy (non-hydrogen) atoms. The Morgan fingerprint density at radius 2 is 2.43 bits per heavy atom. The summed E-state index contributed by atoms with van der Waals surface area (Å²) in [6.07, 6.45) is 1.55. The van der Waals surface area contributed by atoms with Crippen LogP contribution in [-0.2, 0) is 0 Å². The zero-order valence-corrected chi connectivity index (χ0v) is 8.30. The topological polar surface area (TPSA) is 69.1 Å². The molecule has 2 rings (SSSR count). The van der Waals surface area contributed by atoms with Crippen molar-refractivity contribution in [2.45, 2.75) is 6.92 Å². The highest BCUT2D eigenvalue weighted by atomic mass is 32.1. The number of hydrogen-bond donors (Lipinski definition) is 1. The van der Waals surface area contributed by atoms with E-state index in [1.807, 2.05) is 0 Å². The number of nitrogen functional groups attached to an aromatic ring is 1. The van der Waals surface area contributed by atoms with Gasteiger partial charge >= 0.3 is 0 Å². The summed E-state index contributed by atoms with van der Waals surface area (Å²) in [6.45, 7) is 1.46. The predicted molar refractivity (Wildman–Crippen MR) is 54.2 cm³/mol. The molecule has 5 heteroatoms. The van der Waals surface area contributed by atoms with Gasteiger partial charge in [0.1, 0.15) is 16.3 Å². The van der Waals surface area contributed by atoms with E-state index in [4.69, 9.17) is 10.2 Å². The van der Waals surface area contributed by atoms with Crippen molar-refractivity contribution in [3.63, 3.8) is 0 Å². The molecule has 0 amide bonds. The Morgan fingerprint density at radius 3 is 3.00 bits per heavy atom. The van der Waals surface area contributed by atoms with E-state index in [1.54, 1.807) is 18.4 Å². The second kappa shape index (κ2) is 3.26. The van der Waals surface area contributed by atoms with Crippen LogP contribution in [0, 0.1) is 0 Å². The molecule has 2 heterocycles. The standard InChI is InChI=1S/C9H8N2O2S/c1-5(12)7-8(14-9(10)11-7)6-3-2-4-13-6/h2-4H,1H3,(H2,10,11). The summed E-state index contributed by atoms with van der Waals surface area (Å²) >= 11 is 1.25. The van der Waals surface area contributed by atoms with Crippen molar-refractivity contribution in [3.8, 4) is 10.6 Å². The molecule has 0 aliphatic carbocycles. The van der Waals surface area contributed by atoms with Gasteiger partial charge < -0.3 is 10.2 Å². The number of carbonyl (C=O) groups is 1. The van der Waals surface area contributed by atoms with Gasteiger partial charge in [0, 0.05) is 6.92 Å². The maximum Gasteiger partial charge on any atom is 0.181 e. The van der Waals surface area contributed by atoms with Gasteiger partial charge in [-0.1, -0.05) is 11.3 Å². The third-order valence-corrected chi connectivity index (χ3v) is 2.62. The van der Waals surface area contributed by atoms with Crippen LogP contribution in [0.15, 0.2) is 22.8 Å². The van der Waals surface area contributed by atoms with E-state index in [-0.39, 0.29) is 5.78 Å². The average Bonchev–Trinajstić information content (AvgIpc) is 2.70. The van der Waals surface area contributed by atoms with Crippen LogP contribution in [0.4, 0.5) is 5.13 Å². The van der Waals surface area contributed by atoms with Gasteiger partial charge in [0.25, 0.3) is 0 Å². The zero-order valence-electron chi connectivity index (χ0n) is 7.48. The fraction of sp³-hybridized carbons (Fsp3) is 0.111. The molecule has 0 radical (unpaired) electrons. The monoisotopic (exact) mass is 208 g/mol. The third kappa shape index (κ3) is 1.42. The molecule has 0 spiro atoms. The zero-order chi connectivity index (χ0) is 10.1. The van der Waals surface area contributed by atoms with Crippen molar-refractivity contribution in [1.82, 2.24) is 4.98 Å². The number of nitrogens with two attached hydrogens (primary N) is 1. The Morgan fingerprint density at radius 1 is 1.64 bits per heavy atom. The van der Waals surface area contributed by atoms with Crippen LogP contribution in [0.25, 0.3) is 10.6 Å². The van der Waals surface area contributed by atoms with Gasteiger partial charge in [-0.2, -0.15) is 0 Å². The fourth-order valence-corrected chi connectivity index (χ4v) is 2.00. The molecular formula is C9H8N2O2S. The van der Waals surface area contributed by atoms with Crippen LogP contribution in [0.2, 0.25) is 0 Å². The minimum atomic E-state index is -0.107. The summed E-state index contributed by atoms with van der Waals surface area (Å²) in [6, 6.07) is 3.54. The molecular weight excluding hydrogens is 200 g/mol. The summed E-state index contributed by atoms with van der Waals surface area (Å²) in [7, 11) is 0. The number of anilines is 1. The van der Waals surface area contributed by atoms with Gasteiger partial charge in [0.2, 0.25) is 0 Å². The number of furan rings is 1. The van der Waals surface area contributed by atoms with Crippen LogP contribution >= 0.6 is 11.3 Å². The number of aromatic nitrogens is 1. The minimum Gasteiger partial charge on any atom is -0.463 e. The van der Waals surface area contributed by atoms with Crippen molar-refractivity contribution in [3.05, 3.63) is 24.1 Å². The van der Waals surface area contributed by atoms with Gasteiger partial charge in [-0.05, 0) is 12.1 Å². The van der Waals surface area contributed by atoms with E-state index < -0.39 is 0 Å². The molecule has 0 aliphatic rings. The molecule has 0 aromatic carbocycles. The van der Waals surface area contributed by atoms with Gasteiger partial charge in [0.05, 0.1) is 6.26 Å². The van der Waals surface area contributed by atoms with Crippen molar-refractivity contribution in [2.75, 3.05) is 5.73 Å². The van der Waals surface area contributed by atoms with Crippen LogP contribution in [-0.4, -0.2) is 10.8 Å². The van der Waals surface area contributed by atoms with Crippen LogP contribution in [0.3, 0.4) is 0 Å². The average molecular weight is 208 g/mol. The first-order valence-electron chi connectivity index (χ1n) is 3.99. The van der Waals surface area contributed by atoms with Gasteiger partial charge in [-0.25, -0.2) is 4.98 Å². The second-order valence-electron chi connectivity index (χ2n) is 2.76. The van der Waals surface area contributed by atoms with E-state index in [1.165, 1.54) is 18.3 Å². The van der Waals surface area contributed by atoms with Gasteiger partial charge in [-0.15, -0.1) is 0 Å². The first-order valence-corrected chi connectivity index (χ1v) is 4.81. The molecule has 2 aromatic heterocycles. The van der Waals surface area contributed by atoms with E-state index in [9.17, 15) is 4.79 Å². The number of thiazole rings is 1. The van der Waals surface area contributed by atoms with E-state index in [0.29, 0.717) is 21.5 Å². The second-order valence-corrected chi connectivity index (χ2v) is 3.79. The van der Waals surface area contributed by atoms with E-state index >= 15 is 0 Å². The van der Waals surface area contributed by atoms with Gasteiger partial charge in [-0.3, -0.25) is 4.79 Å². The molecule has 0 aliphatic heterocycles. The first kappa shape index (κ1) is 8.96. The van der Waals surface area contributed by atoms with E-state index in [0.717, 1.165) is 0 Å². The highest BCUT2D eigenvalue weighted by molar-refractivity contribution is 7.19. The number of ketones is 1. The SMILES string of the molecule is CC(=O)c1nc(N)sc1-c1ccco1. The highest BCUT2D eigenvalue weighted by Gasteiger charge is 2.16. The number of nitrogens with zero attached hydrogens (tertiary/aromatic N) is 1. The van der Waals surface area contributed by atoms with E-state index in [2.05, 4.69) is 4.98 Å². The number of hydrogen-bond acceptors (Lipinski definition) is 5. The van der Waals surface area contributed by atoms with Crippen molar-refractivity contribution in [2.24, 2.45) is 0 Å². The molecule has 0 fully saturated rings. The Bertz CT molecular complexity index is 459. The Labute approximate surface area is 84.4 Å². The highest BCUT2D eigenvalue weighted by Crippen LogP contribution is 2.32.